The molecule has 1 aliphatic heterocycles. The number of imidazole rings is 1. The van der Waals surface area contributed by atoms with Crippen molar-refractivity contribution in [3.63, 3.8) is 0 Å². The van der Waals surface area contributed by atoms with E-state index in [1.807, 2.05) is 41.3 Å². The molecule has 31 heavy (non-hydrogen) atoms. The second-order valence-electron chi connectivity index (χ2n) is 7.23. The number of aromatic amines is 1. The fourth-order valence-corrected chi connectivity index (χ4v) is 3.57. The summed E-state index contributed by atoms with van der Waals surface area (Å²) in [6.07, 6.45) is 1.58. The Morgan fingerprint density at radius 1 is 1.06 bits per heavy atom. The fraction of sp³-hybridized carbons (Fsp3) is 0.227. The van der Waals surface area contributed by atoms with Crippen molar-refractivity contribution in [3.8, 4) is 0 Å². The summed E-state index contributed by atoms with van der Waals surface area (Å²) in [5.41, 5.74) is 3.51. The van der Waals surface area contributed by atoms with Gasteiger partial charge in [0.05, 0.1) is 25.2 Å². The van der Waals surface area contributed by atoms with E-state index < -0.39 is 0 Å². The molecule has 0 spiro atoms. The molecular weight excluding hydrogens is 397 g/mol. The van der Waals surface area contributed by atoms with Gasteiger partial charge in [0, 0.05) is 25.3 Å². The molecule has 3 heterocycles. The second kappa shape index (κ2) is 8.57. The molecule has 0 bridgehead atoms. The molecule has 1 saturated heterocycles. The van der Waals surface area contributed by atoms with E-state index in [0.29, 0.717) is 61.6 Å². The van der Waals surface area contributed by atoms with E-state index in [-0.39, 0.29) is 5.82 Å². The van der Waals surface area contributed by atoms with Crippen LogP contribution in [-0.4, -0.2) is 46.2 Å². The first-order valence-corrected chi connectivity index (χ1v) is 10.1. The summed E-state index contributed by atoms with van der Waals surface area (Å²) in [7, 11) is 0. The smallest absolute Gasteiger partial charge is 0.231 e. The van der Waals surface area contributed by atoms with Gasteiger partial charge in [0.25, 0.3) is 0 Å². The number of H-pyrrole nitrogens is 1. The van der Waals surface area contributed by atoms with E-state index in [9.17, 15) is 4.39 Å². The van der Waals surface area contributed by atoms with Crippen molar-refractivity contribution in [2.75, 3.05) is 41.8 Å². The number of ether oxygens (including phenoxy) is 1. The number of fused-ring (bicyclic) bond motifs is 1. The highest BCUT2D eigenvalue weighted by Gasteiger charge is 2.16. The van der Waals surface area contributed by atoms with Crippen LogP contribution in [0.15, 0.2) is 54.9 Å². The predicted octanol–water partition coefficient (Wildman–Crippen LogP) is 3.68. The molecule has 1 aliphatic rings. The third kappa shape index (κ3) is 4.26. The van der Waals surface area contributed by atoms with Gasteiger partial charge in [-0.1, -0.05) is 30.3 Å². The molecule has 9 heteroatoms. The molecule has 2 aromatic carbocycles. The van der Waals surface area contributed by atoms with Gasteiger partial charge < -0.3 is 25.3 Å². The van der Waals surface area contributed by atoms with Crippen molar-refractivity contribution in [2.24, 2.45) is 0 Å². The number of halogens is 1. The Labute approximate surface area is 178 Å². The van der Waals surface area contributed by atoms with E-state index in [0.717, 1.165) is 11.1 Å². The van der Waals surface area contributed by atoms with Crippen LogP contribution in [0.5, 0.6) is 0 Å². The van der Waals surface area contributed by atoms with Crippen LogP contribution in [0.2, 0.25) is 0 Å². The third-order valence-electron chi connectivity index (χ3n) is 5.14. The molecule has 0 unspecified atom stereocenters. The number of hydrogen-bond acceptors (Lipinski definition) is 7. The van der Waals surface area contributed by atoms with Crippen molar-refractivity contribution < 1.29 is 9.13 Å². The lowest BCUT2D eigenvalue weighted by Gasteiger charge is -2.29. The van der Waals surface area contributed by atoms with Crippen LogP contribution in [0.1, 0.15) is 5.56 Å². The highest BCUT2D eigenvalue weighted by Crippen LogP contribution is 2.26. The maximum Gasteiger partial charge on any atom is 0.231 e. The van der Waals surface area contributed by atoms with Gasteiger partial charge in [0.2, 0.25) is 5.95 Å². The lowest BCUT2D eigenvalue weighted by Crippen LogP contribution is -2.36. The van der Waals surface area contributed by atoms with Gasteiger partial charge >= 0.3 is 0 Å². The Balaban J connectivity index is 1.37. The Hall–Kier alpha value is -3.72. The molecule has 0 amide bonds. The highest BCUT2D eigenvalue weighted by atomic mass is 19.1. The van der Waals surface area contributed by atoms with Crippen molar-refractivity contribution >= 4 is 34.3 Å². The molecule has 4 aromatic rings. The normalized spacial score (nSPS) is 14.0. The molecule has 0 aliphatic carbocycles. The second-order valence-corrected chi connectivity index (χ2v) is 7.23. The lowest BCUT2D eigenvalue weighted by atomic mass is 10.2. The third-order valence-corrected chi connectivity index (χ3v) is 5.14. The quantitative estimate of drug-likeness (QED) is 0.439. The number of aromatic nitrogens is 4. The molecule has 8 nitrogen and oxygen atoms in total. The zero-order chi connectivity index (χ0) is 21.0. The van der Waals surface area contributed by atoms with E-state index in [2.05, 4.69) is 30.6 Å². The van der Waals surface area contributed by atoms with Gasteiger partial charge in [-0.05, 0) is 23.8 Å². The van der Waals surface area contributed by atoms with Gasteiger partial charge in [-0.2, -0.15) is 9.97 Å². The first kappa shape index (κ1) is 19.3. The Bertz CT molecular complexity index is 1180. The zero-order valence-corrected chi connectivity index (χ0v) is 16.8. The van der Waals surface area contributed by atoms with Crippen LogP contribution < -0.4 is 15.5 Å². The minimum Gasteiger partial charge on any atom is -0.378 e. The summed E-state index contributed by atoms with van der Waals surface area (Å²) in [5, 5.41) is 6.42. The van der Waals surface area contributed by atoms with Crippen LogP contribution in [-0.2, 0) is 11.3 Å². The SMILES string of the molecule is Fc1cc(Nc2nc(NCc3ccccc3)c3[nH]cnc3n2)ccc1N1CCOCC1. The predicted molar refractivity (Wildman–Crippen MR) is 118 cm³/mol. The molecule has 158 valence electrons. The van der Waals surface area contributed by atoms with Crippen molar-refractivity contribution in [3.05, 3.63) is 66.2 Å². The average Bonchev–Trinajstić information content (AvgIpc) is 3.28. The number of nitrogens with zero attached hydrogens (tertiary/aromatic N) is 4. The standard InChI is InChI=1S/C22H22FN7O/c23-17-12-16(6-7-18(17)30-8-10-31-11-9-30)27-22-28-20(19-21(29-22)26-14-25-19)24-13-15-4-2-1-3-5-15/h1-7,12,14H,8-11,13H2,(H3,24,25,26,27,28,29). The van der Waals surface area contributed by atoms with E-state index >= 15 is 0 Å². The summed E-state index contributed by atoms with van der Waals surface area (Å²) in [6, 6.07) is 15.1. The number of hydrogen-bond donors (Lipinski definition) is 3. The van der Waals surface area contributed by atoms with Gasteiger partial charge in [-0.25, -0.2) is 9.37 Å². The highest BCUT2D eigenvalue weighted by molar-refractivity contribution is 5.84. The Kier molecular flexibility index (Phi) is 5.32. The summed E-state index contributed by atoms with van der Waals surface area (Å²) < 4.78 is 20.1. The molecule has 2 aromatic heterocycles. The maximum absolute atomic E-state index is 14.7. The minimum absolute atomic E-state index is 0.296. The van der Waals surface area contributed by atoms with E-state index in [1.165, 1.54) is 6.07 Å². The van der Waals surface area contributed by atoms with E-state index in [1.54, 1.807) is 12.4 Å². The number of rotatable bonds is 6. The summed E-state index contributed by atoms with van der Waals surface area (Å²) >= 11 is 0. The minimum atomic E-state index is -0.296. The first-order chi connectivity index (χ1) is 15.3. The number of morpholine rings is 1. The Morgan fingerprint density at radius 3 is 2.71 bits per heavy atom. The van der Waals surface area contributed by atoms with Crippen LogP contribution >= 0.6 is 0 Å². The van der Waals surface area contributed by atoms with Gasteiger partial charge in [-0.3, -0.25) is 0 Å². The number of benzene rings is 2. The first-order valence-electron chi connectivity index (χ1n) is 10.1. The van der Waals surface area contributed by atoms with E-state index in [4.69, 9.17) is 4.74 Å². The molecule has 0 saturated carbocycles. The van der Waals surface area contributed by atoms with Gasteiger partial charge in [0.15, 0.2) is 11.5 Å². The van der Waals surface area contributed by atoms with Crippen LogP contribution in [0.3, 0.4) is 0 Å². The number of nitrogens with one attached hydrogen (secondary N) is 3. The Morgan fingerprint density at radius 2 is 1.90 bits per heavy atom. The number of anilines is 4. The summed E-state index contributed by atoms with van der Waals surface area (Å²) in [6.45, 7) is 3.18. The molecule has 0 atom stereocenters. The van der Waals surface area contributed by atoms with Crippen molar-refractivity contribution in [2.45, 2.75) is 6.54 Å². The largest absolute Gasteiger partial charge is 0.378 e. The van der Waals surface area contributed by atoms with Gasteiger partial charge in [-0.15, -0.1) is 0 Å². The summed E-state index contributed by atoms with van der Waals surface area (Å²) in [5.74, 6) is 0.670. The average molecular weight is 419 g/mol. The zero-order valence-electron chi connectivity index (χ0n) is 16.8. The topological polar surface area (TPSA) is 91.0 Å². The fourth-order valence-electron chi connectivity index (χ4n) is 3.57. The van der Waals surface area contributed by atoms with Crippen LogP contribution in [0.4, 0.5) is 27.5 Å². The molecule has 0 radical (unpaired) electrons. The maximum atomic E-state index is 14.7. The summed E-state index contributed by atoms with van der Waals surface area (Å²) in [4.78, 5) is 18.3. The van der Waals surface area contributed by atoms with Crippen molar-refractivity contribution in [1.29, 1.82) is 0 Å². The van der Waals surface area contributed by atoms with Crippen LogP contribution in [0.25, 0.3) is 11.2 Å². The monoisotopic (exact) mass is 419 g/mol. The molecule has 1 fully saturated rings. The molecule has 3 N–H and O–H groups in total. The van der Waals surface area contributed by atoms with Gasteiger partial charge in [0.1, 0.15) is 11.3 Å². The lowest BCUT2D eigenvalue weighted by molar-refractivity contribution is 0.122. The van der Waals surface area contributed by atoms with Crippen LogP contribution in [0, 0.1) is 5.82 Å². The van der Waals surface area contributed by atoms with Crippen molar-refractivity contribution in [1.82, 2.24) is 19.9 Å². The molecule has 5 rings (SSSR count). The molecular formula is C22H22FN7O.